The second-order valence-electron chi connectivity index (χ2n) is 4.89. The molecule has 0 spiro atoms. The highest BCUT2D eigenvalue weighted by atomic mass is 32.2. The number of aromatic carboxylic acids is 1. The van der Waals surface area contributed by atoms with Gasteiger partial charge in [-0.25, -0.2) is 21.6 Å². The van der Waals surface area contributed by atoms with Crippen LogP contribution in [0.3, 0.4) is 0 Å². The minimum Gasteiger partial charge on any atom is -0.478 e. The maximum atomic E-state index is 14.1. The number of carbonyl (C=O) groups is 1. The molecule has 2 aromatic heterocycles. The normalized spacial score (nSPS) is 11.4. The summed E-state index contributed by atoms with van der Waals surface area (Å²) in [5.41, 5.74) is -0.354. The van der Waals surface area contributed by atoms with Crippen molar-refractivity contribution >= 4 is 16.0 Å². The number of rotatable bonds is 4. The Hall–Kier alpha value is -3.00. The highest BCUT2D eigenvalue weighted by Crippen LogP contribution is 2.28. The lowest BCUT2D eigenvalue weighted by molar-refractivity contribution is 0.0697. The van der Waals surface area contributed by atoms with Gasteiger partial charge in [-0.2, -0.15) is 0 Å². The van der Waals surface area contributed by atoms with Crippen molar-refractivity contribution in [2.45, 2.75) is 4.90 Å². The minimum absolute atomic E-state index is 0.0162. The molecule has 3 rings (SSSR count). The Kier molecular flexibility index (Phi) is 3.90. The number of nitrogens with zero attached hydrogens (tertiary/aromatic N) is 2. The summed E-state index contributed by atoms with van der Waals surface area (Å²) in [7, 11) is -4.12. The fourth-order valence-electron chi connectivity index (χ4n) is 2.24. The summed E-state index contributed by atoms with van der Waals surface area (Å²) >= 11 is 0. The lowest BCUT2D eigenvalue weighted by atomic mass is 10.1. The number of carboxylic acid groups (broad SMARTS) is 1. The van der Waals surface area contributed by atoms with Gasteiger partial charge in [0, 0.05) is 24.2 Å². The van der Waals surface area contributed by atoms with Crippen LogP contribution in [0.15, 0.2) is 66.0 Å². The number of hydrogen-bond donors (Lipinski definition) is 1. The predicted molar refractivity (Wildman–Crippen MR) is 83.6 cm³/mol. The summed E-state index contributed by atoms with van der Waals surface area (Å²) in [6.45, 7) is 0. The van der Waals surface area contributed by atoms with Gasteiger partial charge in [0.1, 0.15) is 10.7 Å². The lowest BCUT2D eigenvalue weighted by Crippen LogP contribution is -2.14. The van der Waals surface area contributed by atoms with E-state index in [0.717, 1.165) is 22.4 Å². The summed E-state index contributed by atoms with van der Waals surface area (Å²) in [6, 6.07) is 9.43. The van der Waals surface area contributed by atoms with Gasteiger partial charge in [0.15, 0.2) is 0 Å². The van der Waals surface area contributed by atoms with Crippen LogP contribution < -0.4 is 0 Å². The molecule has 3 aromatic rings. The molecule has 0 atom stereocenters. The summed E-state index contributed by atoms with van der Waals surface area (Å²) in [4.78, 5) is 14.9. The zero-order chi connectivity index (χ0) is 17.3. The molecule has 122 valence electrons. The average Bonchev–Trinajstić information content (AvgIpc) is 3.02. The van der Waals surface area contributed by atoms with Gasteiger partial charge in [-0.1, -0.05) is 12.1 Å². The van der Waals surface area contributed by atoms with E-state index in [4.69, 9.17) is 5.11 Å². The van der Waals surface area contributed by atoms with Crippen molar-refractivity contribution in [3.8, 4) is 11.3 Å². The van der Waals surface area contributed by atoms with E-state index < -0.39 is 21.8 Å². The standard InChI is InChI=1S/C16H11FN2O4S/c17-14-6-2-1-5-13(14)15-8-11(16(20)21)10-19(15)24(22,23)12-4-3-7-18-9-12/h1-10H,(H,20,21). The number of carboxylic acids is 1. The largest absolute Gasteiger partial charge is 0.478 e. The van der Waals surface area contributed by atoms with Gasteiger partial charge >= 0.3 is 5.97 Å². The van der Waals surface area contributed by atoms with Crippen LogP contribution in [0.1, 0.15) is 10.4 Å². The van der Waals surface area contributed by atoms with Crippen LogP contribution >= 0.6 is 0 Å². The van der Waals surface area contributed by atoms with Crippen molar-refractivity contribution < 1.29 is 22.7 Å². The predicted octanol–water partition coefficient (Wildman–Crippen LogP) is 2.62. The molecule has 8 heteroatoms. The molecule has 0 radical (unpaired) electrons. The Balaban J connectivity index is 2.29. The monoisotopic (exact) mass is 346 g/mol. The molecule has 0 amide bonds. The van der Waals surface area contributed by atoms with E-state index >= 15 is 0 Å². The molecule has 24 heavy (non-hydrogen) atoms. The third-order valence-electron chi connectivity index (χ3n) is 3.37. The van der Waals surface area contributed by atoms with E-state index in [-0.39, 0.29) is 21.7 Å². The van der Waals surface area contributed by atoms with Gasteiger partial charge in [-0.15, -0.1) is 0 Å². The number of aromatic nitrogens is 2. The van der Waals surface area contributed by atoms with Crippen LogP contribution in [-0.4, -0.2) is 28.5 Å². The first-order chi connectivity index (χ1) is 11.4. The lowest BCUT2D eigenvalue weighted by Gasteiger charge is -2.10. The van der Waals surface area contributed by atoms with Crippen LogP contribution in [0, 0.1) is 5.82 Å². The van der Waals surface area contributed by atoms with E-state index in [1.807, 2.05) is 0 Å². The zero-order valence-electron chi connectivity index (χ0n) is 12.1. The Bertz CT molecular complexity index is 1010. The molecule has 0 saturated heterocycles. The van der Waals surface area contributed by atoms with Crippen molar-refractivity contribution in [3.05, 3.63) is 72.4 Å². The van der Waals surface area contributed by atoms with E-state index in [1.165, 1.54) is 42.6 Å². The first-order valence-corrected chi connectivity index (χ1v) is 8.21. The molecular weight excluding hydrogens is 335 g/mol. The van der Waals surface area contributed by atoms with E-state index in [1.54, 1.807) is 0 Å². The molecule has 6 nitrogen and oxygen atoms in total. The highest BCUT2D eigenvalue weighted by molar-refractivity contribution is 7.90. The molecular formula is C16H11FN2O4S. The Morgan fingerprint density at radius 2 is 1.92 bits per heavy atom. The van der Waals surface area contributed by atoms with Gasteiger partial charge in [0.05, 0.1) is 11.3 Å². The van der Waals surface area contributed by atoms with Gasteiger partial charge in [-0.3, -0.25) is 4.98 Å². The molecule has 0 aliphatic heterocycles. The highest BCUT2D eigenvalue weighted by Gasteiger charge is 2.24. The van der Waals surface area contributed by atoms with Crippen LogP contribution in [0.5, 0.6) is 0 Å². The van der Waals surface area contributed by atoms with Gasteiger partial charge in [0.25, 0.3) is 10.0 Å². The molecule has 0 fully saturated rings. The second-order valence-corrected chi connectivity index (χ2v) is 6.70. The summed E-state index contributed by atoms with van der Waals surface area (Å²) < 4.78 is 40.4. The number of hydrogen-bond acceptors (Lipinski definition) is 4. The molecule has 0 aliphatic carbocycles. The fraction of sp³-hybridized carbons (Fsp3) is 0. The quantitative estimate of drug-likeness (QED) is 0.784. The first-order valence-electron chi connectivity index (χ1n) is 6.77. The van der Waals surface area contributed by atoms with E-state index in [2.05, 4.69) is 4.98 Å². The molecule has 0 bridgehead atoms. The Labute approximate surface area is 136 Å². The summed E-state index contributed by atoms with van der Waals surface area (Å²) in [6.07, 6.45) is 3.50. The van der Waals surface area contributed by atoms with Gasteiger partial charge in [-0.05, 0) is 30.3 Å². The Morgan fingerprint density at radius 1 is 1.17 bits per heavy atom. The molecule has 0 aliphatic rings. The topological polar surface area (TPSA) is 89.3 Å². The molecule has 0 unspecified atom stereocenters. The maximum absolute atomic E-state index is 14.1. The maximum Gasteiger partial charge on any atom is 0.337 e. The number of halogens is 1. The SMILES string of the molecule is O=C(O)c1cc(-c2ccccc2F)n(S(=O)(=O)c2cccnc2)c1. The zero-order valence-corrected chi connectivity index (χ0v) is 12.9. The smallest absolute Gasteiger partial charge is 0.337 e. The minimum atomic E-state index is -4.12. The number of pyridine rings is 1. The summed E-state index contributed by atoms with van der Waals surface area (Å²) in [5.74, 6) is -1.97. The molecule has 2 heterocycles. The van der Waals surface area contributed by atoms with Crippen molar-refractivity contribution in [2.24, 2.45) is 0 Å². The third-order valence-corrected chi connectivity index (χ3v) is 5.03. The van der Waals surface area contributed by atoms with Crippen molar-refractivity contribution in [2.75, 3.05) is 0 Å². The van der Waals surface area contributed by atoms with Crippen LogP contribution in [0.4, 0.5) is 4.39 Å². The Morgan fingerprint density at radius 3 is 2.54 bits per heavy atom. The van der Waals surface area contributed by atoms with Crippen LogP contribution in [0.2, 0.25) is 0 Å². The summed E-state index contributed by atoms with van der Waals surface area (Å²) in [5, 5.41) is 9.16. The van der Waals surface area contributed by atoms with Crippen molar-refractivity contribution in [1.82, 2.24) is 8.96 Å². The molecule has 0 saturated carbocycles. The van der Waals surface area contributed by atoms with Crippen LogP contribution in [0.25, 0.3) is 11.3 Å². The number of benzene rings is 1. The first kappa shape index (κ1) is 15.9. The van der Waals surface area contributed by atoms with Crippen LogP contribution in [-0.2, 0) is 10.0 Å². The van der Waals surface area contributed by atoms with E-state index in [0.29, 0.717) is 0 Å². The van der Waals surface area contributed by atoms with Gasteiger partial charge < -0.3 is 5.11 Å². The molecule has 1 aromatic carbocycles. The second kappa shape index (κ2) is 5.89. The third kappa shape index (κ3) is 2.67. The average molecular weight is 346 g/mol. The van der Waals surface area contributed by atoms with E-state index in [9.17, 15) is 17.6 Å². The van der Waals surface area contributed by atoms with Crippen molar-refractivity contribution in [1.29, 1.82) is 0 Å². The fourth-order valence-corrected chi connectivity index (χ4v) is 3.57. The van der Waals surface area contributed by atoms with Crippen molar-refractivity contribution in [3.63, 3.8) is 0 Å². The molecule has 1 N–H and O–H groups in total. The van der Waals surface area contributed by atoms with Gasteiger partial charge in [0.2, 0.25) is 0 Å².